The molecule has 1 saturated heterocycles. The van der Waals surface area contributed by atoms with Crippen molar-refractivity contribution in [3.05, 3.63) is 24.3 Å². The molecule has 28 heavy (non-hydrogen) atoms. The van der Waals surface area contributed by atoms with E-state index in [1.165, 1.54) is 5.69 Å². The molecule has 1 aromatic carbocycles. The molecule has 0 saturated carbocycles. The standard InChI is InChI=1S/C21H34N2O3.2ClH/c1-4-25-21(24)12-6-5-9-13-22-14-16-23(17-15-22)19-10-7-8-11-20(19)26-18(2)3;;/h7-8,10-11,18H,4-6,9,12-17H2,1-3H3;2*1H. The van der Waals surface area contributed by atoms with Crippen LogP contribution in [0.15, 0.2) is 24.3 Å². The highest BCUT2D eigenvalue weighted by Crippen LogP contribution is 2.29. The highest BCUT2D eigenvalue weighted by molar-refractivity contribution is 5.85. The minimum absolute atomic E-state index is 0. The van der Waals surface area contributed by atoms with Crippen LogP contribution in [-0.4, -0.2) is 56.3 Å². The predicted octanol–water partition coefficient (Wildman–Crippen LogP) is 4.56. The van der Waals surface area contributed by atoms with Crippen LogP contribution in [0, 0.1) is 0 Å². The number of nitrogens with zero attached hydrogens (tertiary/aromatic N) is 2. The molecule has 0 bridgehead atoms. The molecule has 0 aromatic heterocycles. The zero-order chi connectivity index (χ0) is 18.8. The number of ether oxygens (including phenoxy) is 2. The van der Waals surface area contributed by atoms with Crippen molar-refractivity contribution in [2.75, 3.05) is 44.2 Å². The molecule has 2 rings (SSSR count). The summed E-state index contributed by atoms with van der Waals surface area (Å²) >= 11 is 0. The number of benzene rings is 1. The number of para-hydroxylation sites is 2. The van der Waals surface area contributed by atoms with Crippen molar-refractivity contribution >= 4 is 36.5 Å². The van der Waals surface area contributed by atoms with Crippen molar-refractivity contribution in [1.82, 2.24) is 4.90 Å². The molecule has 0 amide bonds. The van der Waals surface area contributed by atoms with Crippen molar-refractivity contribution in [2.45, 2.75) is 52.6 Å². The molecule has 162 valence electrons. The summed E-state index contributed by atoms with van der Waals surface area (Å²) in [6, 6.07) is 8.33. The topological polar surface area (TPSA) is 42.0 Å². The molecule has 0 atom stereocenters. The molecule has 0 spiro atoms. The fourth-order valence-electron chi connectivity index (χ4n) is 3.30. The lowest BCUT2D eigenvalue weighted by Crippen LogP contribution is -2.46. The van der Waals surface area contributed by atoms with Crippen LogP contribution in [-0.2, 0) is 9.53 Å². The predicted molar refractivity (Wildman–Crippen MR) is 120 cm³/mol. The van der Waals surface area contributed by atoms with Crippen molar-refractivity contribution in [2.24, 2.45) is 0 Å². The molecule has 0 unspecified atom stereocenters. The minimum Gasteiger partial charge on any atom is -0.489 e. The van der Waals surface area contributed by atoms with Crippen LogP contribution in [0.1, 0.15) is 46.5 Å². The fraction of sp³-hybridized carbons (Fsp3) is 0.667. The Bertz CT molecular complexity index is 550. The third-order valence-electron chi connectivity index (χ3n) is 4.60. The van der Waals surface area contributed by atoms with E-state index in [2.05, 4.69) is 41.8 Å². The number of carbonyl (C=O) groups excluding carboxylic acids is 1. The van der Waals surface area contributed by atoms with E-state index in [-0.39, 0.29) is 36.9 Å². The highest BCUT2D eigenvalue weighted by Gasteiger charge is 2.19. The molecule has 1 aromatic rings. The Labute approximate surface area is 182 Å². The smallest absolute Gasteiger partial charge is 0.305 e. The van der Waals surface area contributed by atoms with E-state index in [4.69, 9.17) is 9.47 Å². The Morgan fingerprint density at radius 1 is 1.04 bits per heavy atom. The van der Waals surface area contributed by atoms with Gasteiger partial charge < -0.3 is 14.4 Å². The molecule has 1 aliphatic rings. The molecule has 1 heterocycles. The normalized spacial score (nSPS) is 14.2. The van der Waals surface area contributed by atoms with Gasteiger partial charge in [0.1, 0.15) is 5.75 Å². The van der Waals surface area contributed by atoms with Crippen LogP contribution < -0.4 is 9.64 Å². The first-order valence-electron chi connectivity index (χ1n) is 9.98. The number of halogens is 2. The van der Waals surface area contributed by atoms with Crippen molar-refractivity contribution in [3.8, 4) is 5.75 Å². The van der Waals surface area contributed by atoms with Gasteiger partial charge in [-0.1, -0.05) is 18.6 Å². The summed E-state index contributed by atoms with van der Waals surface area (Å²) in [7, 11) is 0. The van der Waals surface area contributed by atoms with Crippen LogP contribution in [0.3, 0.4) is 0 Å². The maximum atomic E-state index is 11.3. The monoisotopic (exact) mass is 434 g/mol. The summed E-state index contributed by atoms with van der Waals surface area (Å²) < 4.78 is 10.9. The summed E-state index contributed by atoms with van der Waals surface area (Å²) in [5, 5.41) is 0. The summed E-state index contributed by atoms with van der Waals surface area (Å²) in [4.78, 5) is 16.3. The second-order valence-electron chi connectivity index (χ2n) is 7.08. The number of hydrogen-bond acceptors (Lipinski definition) is 5. The van der Waals surface area contributed by atoms with Gasteiger partial charge in [-0.15, -0.1) is 24.8 Å². The molecule has 0 aliphatic carbocycles. The first-order chi connectivity index (χ1) is 12.6. The first kappa shape index (κ1) is 26.8. The van der Waals surface area contributed by atoms with E-state index in [0.717, 1.165) is 57.7 Å². The van der Waals surface area contributed by atoms with E-state index in [1.807, 2.05) is 13.0 Å². The number of carbonyl (C=O) groups is 1. The molecule has 0 radical (unpaired) electrons. The Balaban J connectivity index is 0.00000364. The molecule has 1 aliphatic heterocycles. The van der Waals surface area contributed by atoms with Crippen LogP contribution in [0.2, 0.25) is 0 Å². The van der Waals surface area contributed by atoms with E-state index >= 15 is 0 Å². The maximum absolute atomic E-state index is 11.3. The average molecular weight is 435 g/mol. The average Bonchev–Trinajstić information content (AvgIpc) is 2.62. The fourth-order valence-corrected chi connectivity index (χ4v) is 3.30. The number of piperazine rings is 1. The van der Waals surface area contributed by atoms with E-state index in [0.29, 0.717) is 13.0 Å². The molecule has 5 nitrogen and oxygen atoms in total. The molecule has 1 fully saturated rings. The van der Waals surface area contributed by atoms with Gasteiger partial charge in [-0.25, -0.2) is 0 Å². The highest BCUT2D eigenvalue weighted by atomic mass is 35.5. The summed E-state index contributed by atoms with van der Waals surface area (Å²) in [6.45, 7) is 11.8. The second kappa shape index (κ2) is 14.8. The van der Waals surface area contributed by atoms with Crippen molar-refractivity contribution in [1.29, 1.82) is 0 Å². The summed E-state index contributed by atoms with van der Waals surface area (Å²) in [6.07, 6.45) is 3.90. The van der Waals surface area contributed by atoms with Crippen LogP contribution in [0.5, 0.6) is 5.75 Å². The molecule has 0 N–H and O–H groups in total. The van der Waals surface area contributed by atoms with Crippen molar-refractivity contribution in [3.63, 3.8) is 0 Å². The third kappa shape index (κ3) is 9.35. The van der Waals surface area contributed by atoms with Crippen LogP contribution >= 0.6 is 24.8 Å². The third-order valence-corrected chi connectivity index (χ3v) is 4.60. The van der Waals surface area contributed by atoms with Gasteiger partial charge in [0.2, 0.25) is 0 Å². The molecular weight excluding hydrogens is 399 g/mol. The number of hydrogen-bond donors (Lipinski definition) is 0. The minimum atomic E-state index is -0.0663. The number of esters is 1. The van der Waals surface area contributed by atoms with Gasteiger partial charge in [-0.3, -0.25) is 9.69 Å². The van der Waals surface area contributed by atoms with E-state index in [9.17, 15) is 4.79 Å². The van der Waals surface area contributed by atoms with Crippen LogP contribution in [0.4, 0.5) is 5.69 Å². The molecular formula is C21H36Cl2N2O3. The SMILES string of the molecule is CCOC(=O)CCCCCN1CCN(c2ccccc2OC(C)C)CC1.Cl.Cl. The Hall–Kier alpha value is -1.17. The van der Waals surface area contributed by atoms with Gasteiger partial charge in [-0.2, -0.15) is 0 Å². The summed E-state index contributed by atoms with van der Waals surface area (Å²) in [5.74, 6) is 0.915. The van der Waals surface area contributed by atoms with Crippen molar-refractivity contribution < 1.29 is 14.3 Å². The lowest BCUT2D eigenvalue weighted by atomic mass is 10.1. The Morgan fingerprint density at radius 3 is 2.36 bits per heavy atom. The van der Waals surface area contributed by atoms with Gasteiger partial charge in [0, 0.05) is 32.6 Å². The Morgan fingerprint density at radius 2 is 1.71 bits per heavy atom. The van der Waals surface area contributed by atoms with Gasteiger partial charge in [0.25, 0.3) is 0 Å². The van der Waals surface area contributed by atoms with Gasteiger partial charge in [0.15, 0.2) is 0 Å². The van der Waals surface area contributed by atoms with Gasteiger partial charge in [-0.05, 0) is 52.3 Å². The quantitative estimate of drug-likeness (QED) is 0.398. The summed E-state index contributed by atoms with van der Waals surface area (Å²) in [5.41, 5.74) is 1.20. The Kier molecular flexibility index (Phi) is 14.2. The second-order valence-corrected chi connectivity index (χ2v) is 7.08. The van der Waals surface area contributed by atoms with E-state index < -0.39 is 0 Å². The van der Waals surface area contributed by atoms with Gasteiger partial charge in [0.05, 0.1) is 18.4 Å². The number of rotatable bonds is 10. The number of unbranched alkanes of at least 4 members (excludes halogenated alkanes) is 2. The largest absolute Gasteiger partial charge is 0.489 e. The van der Waals surface area contributed by atoms with Gasteiger partial charge >= 0.3 is 5.97 Å². The van der Waals surface area contributed by atoms with E-state index in [1.54, 1.807) is 0 Å². The number of anilines is 1. The zero-order valence-electron chi connectivity index (χ0n) is 17.4. The lowest BCUT2D eigenvalue weighted by Gasteiger charge is -2.37. The van der Waals surface area contributed by atoms with Crippen LogP contribution in [0.25, 0.3) is 0 Å². The maximum Gasteiger partial charge on any atom is 0.305 e. The molecule has 7 heteroatoms. The first-order valence-corrected chi connectivity index (χ1v) is 9.98. The lowest BCUT2D eigenvalue weighted by molar-refractivity contribution is -0.143. The zero-order valence-corrected chi connectivity index (χ0v) is 19.0.